The number of benzene rings is 2. The Kier molecular flexibility index (Phi) is 10.2. The third kappa shape index (κ3) is 6.92. The van der Waals surface area contributed by atoms with E-state index in [9.17, 15) is 14.7 Å². The lowest BCUT2D eigenvalue weighted by Crippen LogP contribution is -2.71. The first-order valence-corrected chi connectivity index (χ1v) is 15.9. The average Bonchev–Trinajstić information content (AvgIpc) is 3.49. The van der Waals surface area contributed by atoms with E-state index in [2.05, 4.69) is 15.5 Å². The summed E-state index contributed by atoms with van der Waals surface area (Å²) in [4.78, 5) is 37.1. The van der Waals surface area contributed by atoms with Crippen molar-refractivity contribution in [3.63, 3.8) is 0 Å². The summed E-state index contributed by atoms with van der Waals surface area (Å²) in [7, 11) is 2.89. The van der Waals surface area contributed by atoms with Gasteiger partial charge in [-0.15, -0.1) is 34.7 Å². The SMILES string of the molecule is CO/N=C(\C(=O)N[C@@H]1C(=O)N2C(C(O)OCc3ccc(OC)cc3)=C(/C=C/c3ccc(CCl)cc3)CS[C@H]12)c1csc(N)n1. The number of aliphatic hydroxyl groups excluding tert-OH is 1. The number of thiazole rings is 1. The Morgan fingerprint density at radius 2 is 1.93 bits per heavy atom. The number of alkyl halides is 1. The van der Waals surface area contributed by atoms with Crippen LogP contribution in [0.15, 0.2) is 76.4 Å². The van der Waals surface area contributed by atoms with Gasteiger partial charge in [0.15, 0.2) is 17.1 Å². The minimum absolute atomic E-state index is 0.0964. The van der Waals surface area contributed by atoms with Gasteiger partial charge in [0.2, 0.25) is 0 Å². The maximum atomic E-state index is 13.5. The van der Waals surface area contributed by atoms with Crippen molar-refractivity contribution in [1.29, 1.82) is 0 Å². The second-order valence-electron chi connectivity index (χ2n) is 9.68. The Hall–Kier alpha value is -3.88. The number of nitrogen functional groups attached to an aromatic ring is 1. The van der Waals surface area contributed by atoms with Crippen LogP contribution >= 0.6 is 34.7 Å². The third-order valence-corrected chi connectivity index (χ3v) is 9.19. The molecule has 14 heteroatoms. The monoisotopic (exact) mass is 655 g/mol. The van der Waals surface area contributed by atoms with Crippen LogP contribution in [0, 0.1) is 0 Å². The highest BCUT2D eigenvalue weighted by Crippen LogP contribution is 2.42. The molecule has 0 aliphatic carbocycles. The van der Waals surface area contributed by atoms with Crippen LogP contribution in [0.25, 0.3) is 6.08 Å². The molecule has 3 heterocycles. The van der Waals surface area contributed by atoms with Crippen LogP contribution in [-0.2, 0) is 31.7 Å². The largest absolute Gasteiger partial charge is 0.497 e. The Labute approximate surface area is 267 Å². The molecule has 1 unspecified atom stereocenters. The molecule has 0 spiro atoms. The van der Waals surface area contributed by atoms with Crippen LogP contribution < -0.4 is 15.8 Å². The second-order valence-corrected chi connectivity index (χ2v) is 11.9. The second kappa shape index (κ2) is 14.3. The fourth-order valence-electron chi connectivity index (χ4n) is 4.63. The number of fused-ring (bicyclic) bond motifs is 1. The molecule has 1 fully saturated rings. The van der Waals surface area contributed by atoms with Crippen LogP contribution in [0.5, 0.6) is 5.75 Å². The predicted octanol–water partition coefficient (Wildman–Crippen LogP) is 3.73. The van der Waals surface area contributed by atoms with E-state index in [4.69, 9.17) is 31.6 Å². The number of rotatable bonds is 12. The summed E-state index contributed by atoms with van der Waals surface area (Å²) < 4.78 is 11.1. The number of carbonyl (C=O) groups excluding carboxylic acids is 2. The van der Waals surface area contributed by atoms with Crippen LogP contribution in [-0.4, -0.2) is 70.2 Å². The number of nitrogens with two attached hydrogens (primary N) is 1. The highest BCUT2D eigenvalue weighted by Gasteiger charge is 2.54. The Morgan fingerprint density at radius 3 is 2.57 bits per heavy atom. The first-order valence-electron chi connectivity index (χ1n) is 13.4. The average molecular weight is 656 g/mol. The molecule has 3 aromatic rings. The van der Waals surface area contributed by atoms with Gasteiger partial charge in [-0.25, -0.2) is 4.98 Å². The molecule has 11 nitrogen and oxygen atoms in total. The van der Waals surface area contributed by atoms with E-state index in [-0.39, 0.29) is 23.1 Å². The van der Waals surface area contributed by atoms with Crippen molar-refractivity contribution in [1.82, 2.24) is 15.2 Å². The van der Waals surface area contributed by atoms with Crippen LogP contribution in [0.1, 0.15) is 22.4 Å². The summed E-state index contributed by atoms with van der Waals surface area (Å²) in [5.74, 6) is 0.539. The van der Waals surface area contributed by atoms with Crippen LogP contribution in [0.2, 0.25) is 0 Å². The minimum Gasteiger partial charge on any atom is -0.497 e. The summed E-state index contributed by atoms with van der Waals surface area (Å²) in [5, 5.41) is 19.2. The molecule has 4 N–H and O–H groups in total. The molecule has 5 rings (SSSR count). The maximum absolute atomic E-state index is 13.5. The van der Waals surface area contributed by atoms with Gasteiger partial charge in [-0.3, -0.25) is 14.5 Å². The standard InChI is InChI=1S/C30H30ClN5O6S2/c1-40-21-11-8-19(9-12-21)14-42-29(39)25-20(10-7-17-3-5-18(13-31)6-4-17)15-43-28-24(27(38)36(25)28)34-26(37)23(35-41-2)22-16-44-30(32)33-22/h3-12,16,24,28-29,39H,13-15H2,1-2H3,(H2,32,33)(H,34,37)/b10-7+,35-23-/t24-,28-,29?/m1/s1. The van der Waals surface area contributed by atoms with E-state index in [1.807, 2.05) is 48.6 Å². The van der Waals surface area contributed by atoms with Crippen molar-refractivity contribution in [2.75, 3.05) is 25.7 Å². The number of oxime groups is 1. The number of nitrogens with zero attached hydrogens (tertiary/aromatic N) is 3. The lowest BCUT2D eigenvalue weighted by molar-refractivity contribution is -0.153. The highest BCUT2D eigenvalue weighted by atomic mass is 35.5. The van der Waals surface area contributed by atoms with Gasteiger partial charge in [-0.1, -0.05) is 53.7 Å². The molecule has 0 bridgehead atoms. The molecule has 2 amide bonds. The fraction of sp³-hybridized carbons (Fsp3) is 0.267. The summed E-state index contributed by atoms with van der Waals surface area (Å²) in [5.41, 5.74) is 9.64. The number of methoxy groups -OCH3 is 1. The van der Waals surface area contributed by atoms with Crippen LogP contribution in [0.4, 0.5) is 5.13 Å². The van der Waals surface area contributed by atoms with Gasteiger partial charge in [-0.05, 0) is 34.4 Å². The van der Waals surface area contributed by atoms with E-state index in [1.165, 1.54) is 23.8 Å². The lowest BCUT2D eigenvalue weighted by atomic mass is 10.0. The predicted molar refractivity (Wildman–Crippen MR) is 171 cm³/mol. The number of halogens is 1. The number of hydrogen-bond donors (Lipinski definition) is 3. The van der Waals surface area contributed by atoms with Gasteiger partial charge >= 0.3 is 0 Å². The molecule has 2 aliphatic rings. The van der Waals surface area contributed by atoms with E-state index >= 15 is 0 Å². The topological polar surface area (TPSA) is 149 Å². The molecule has 3 atom stereocenters. The van der Waals surface area contributed by atoms with E-state index in [0.29, 0.717) is 28.7 Å². The molecule has 0 saturated carbocycles. The smallest absolute Gasteiger partial charge is 0.276 e. The van der Waals surface area contributed by atoms with Gasteiger partial charge in [0, 0.05) is 17.0 Å². The van der Waals surface area contributed by atoms with Crippen molar-refractivity contribution in [3.05, 3.63) is 93.6 Å². The number of allylic oxidation sites excluding steroid dienone is 1. The van der Waals surface area contributed by atoms with E-state index < -0.39 is 29.5 Å². The first kappa shape index (κ1) is 31.5. The number of carbonyl (C=O) groups is 2. The Balaban J connectivity index is 1.37. The number of anilines is 1. The number of aromatic nitrogens is 1. The van der Waals surface area contributed by atoms with E-state index in [0.717, 1.165) is 28.0 Å². The summed E-state index contributed by atoms with van der Waals surface area (Å²) in [6, 6.07) is 14.2. The van der Waals surface area contributed by atoms with Crippen molar-refractivity contribution >= 4 is 63.4 Å². The van der Waals surface area contributed by atoms with Crippen molar-refractivity contribution in [3.8, 4) is 5.75 Å². The van der Waals surface area contributed by atoms with Gasteiger partial charge in [0.25, 0.3) is 11.8 Å². The minimum atomic E-state index is -1.41. The highest BCUT2D eigenvalue weighted by molar-refractivity contribution is 8.00. The number of aliphatic hydroxyl groups is 1. The zero-order valence-electron chi connectivity index (χ0n) is 23.8. The Morgan fingerprint density at radius 1 is 1.20 bits per heavy atom. The van der Waals surface area contributed by atoms with Crippen molar-refractivity contribution in [2.45, 2.75) is 30.2 Å². The normalized spacial score (nSPS) is 19.0. The number of hydrogen-bond acceptors (Lipinski definition) is 11. The molecule has 2 aliphatic heterocycles. The zero-order chi connectivity index (χ0) is 31.2. The third-order valence-electron chi connectivity index (χ3n) is 6.90. The van der Waals surface area contributed by atoms with Crippen molar-refractivity contribution < 1.29 is 29.0 Å². The number of amides is 2. The van der Waals surface area contributed by atoms with Crippen LogP contribution in [0.3, 0.4) is 0 Å². The molecule has 0 radical (unpaired) electrons. The maximum Gasteiger partial charge on any atom is 0.276 e. The van der Waals surface area contributed by atoms with Gasteiger partial charge in [0.1, 0.15) is 30.0 Å². The lowest BCUT2D eigenvalue weighted by Gasteiger charge is -2.51. The molecular weight excluding hydrogens is 626 g/mol. The molecule has 1 aromatic heterocycles. The fourth-order valence-corrected chi connectivity index (χ4v) is 6.69. The quantitative estimate of drug-likeness (QED) is 0.0873. The number of β-lactam (4-membered cyclic amide) rings is 1. The summed E-state index contributed by atoms with van der Waals surface area (Å²) >= 11 is 8.53. The summed E-state index contributed by atoms with van der Waals surface area (Å²) in [6.07, 6.45) is 2.35. The molecule has 2 aromatic carbocycles. The Bertz CT molecular complexity index is 1590. The van der Waals surface area contributed by atoms with Gasteiger partial charge in [0.05, 0.1) is 19.4 Å². The van der Waals surface area contributed by atoms with E-state index in [1.54, 1.807) is 24.6 Å². The number of ether oxygens (including phenoxy) is 2. The number of nitrogens with one attached hydrogen (secondary N) is 1. The molecule has 44 heavy (non-hydrogen) atoms. The molecule has 230 valence electrons. The molecule has 1 saturated heterocycles. The first-order chi connectivity index (χ1) is 21.3. The molecular formula is C30H30ClN5O6S2. The number of thioether (sulfide) groups is 1. The zero-order valence-corrected chi connectivity index (χ0v) is 26.2. The van der Waals surface area contributed by atoms with Crippen molar-refractivity contribution in [2.24, 2.45) is 5.16 Å². The van der Waals surface area contributed by atoms with Gasteiger partial charge < -0.3 is 30.5 Å². The van der Waals surface area contributed by atoms with Gasteiger partial charge in [-0.2, -0.15) is 0 Å². The summed E-state index contributed by atoms with van der Waals surface area (Å²) in [6.45, 7) is 0.0964.